The van der Waals surface area contributed by atoms with Crippen LogP contribution in [0.25, 0.3) is 10.9 Å². The number of hydrogen-bond donors (Lipinski definition) is 2. The SMILES string of the molecule is COc1ccc2[nH]cc(C3CCN(CC(=O)Nc4cccc(SC)c4)CC3)c2c1. The Morgan fingerprint density at radius 1 is 1.24 bits per heavy atom. The van der Waals surface area contributed by atoms with Gasteiger partial charge in [-0.15, -0.1) is 11.8 Å². The number of likely N-dealkylation sites (tertiary alicyclic amines) is 1. The summed E-state index contributed by atoms with van der Waals surface area (Å²) in [4.78, 5) is 19.2. The molecule has 1 amide bonds. The van der Waals surface area contributed by atoms with Gasteiger partial charge in [0.15, 0.2) is 0 Å². The number of anilines is 1. The average molecular weight is 410 g/mol. The van der Waals surface area contributed by atoms with Crippen LogP contribution in [0.4, 0.5) is 5.69 Å². The highest BCUT2D eigenvalue weighted by Gasteiger charge is 2.24. The van der Waals surface area contributed by atoms with Crippen LogP contribution in [-0.4, -0.2) is 48.8 Å². The number of carbonyl (C=O) groups excluding carboxylic acids is 1. The third-order valence-corrected chi connectivity index (χ3v) is 6.39. The topological polar surface area (TPSA) is 57.4 Å². The van der Waals surface area contributed by atoms with E-state index in [-0.39, 0.29) is 5.91 Å². The molecule has 6 heteroatoms. The zero-order chi connectivity index (χ0) is 20.2. The maximum atomic E-state index is 12.5. The van der Waals surface area contributed by atoms with Crippen molar-refractivity contribution in [2.75, 3.05) is 38.3 Å². The minimum atomic E-state index is 0.0542. The number of piperidine rings is 1. The number of amides is 1. The highest BCUT2D eigenvalue weighted by Crippen LogP contribution is 2.34. The lowest BCUT2D eigenvalue weighted by Gasteiger charge is -2.31. The molecule has 1 aliphatic heterocycles. The Morgan fingerprint density at radius 2 is 2.07 bits per heavy atom. The van der Waals surface area contributed by atoms with Crippen molar-refractivity contribution in [3.63, 3.8) is 0 Å². The first kappa shape index (κ1) is 19.9. The summed E-state index contributed by atoms with van der Waals surface area (Å²) in [5.74, 6) is 1.45. The summed E-state index contributed by atoms with van der Waals surface area (Å²) in [7, 11) is 1.70. The molecular weight excluding hydrogens is 382 g/mol. The van der Waals surface area contributed by atoms with E-state index in [0.717, 1.165) is 47.8 Å². The fourth-order valence-electron chi connectivity index (χ4n) is 4.09. The molecule has 0 aliphatic carbocycles. The largest absolute Gasteiger partial charge is 0.497 e. The summed E-state index contributed by atoms with van der Waals surface area (Å²) in [6.07, 6.45) is 6.28. The van der Waals surface area contributed by atoms with Crippen molar-refractivity contribution in [1.29, 1.82) is 0 Å². The van der Waals surface area contributed by atoms with Gasteiger partial charge < -0.3 is 15.0 Å². The van der Waals surface area contributed by atoms with Crippen LogP contribution in [0.2, 0.25) is 0 Å². The van der Waals surface area contributed by atoms with E-state index in [0.29, 0.717) is 12.5 Å². The Morgan fingerprint density at radius 3 is 2.83 bits per heavy atom. The predicted molar refractivity (Wildman–Crippen MR) is 120 cm³/mol. The second-order valence-corrected chi connectivity index (χ2v) is 8.37. The first-order valence-electron chi connectivity index (χ1n) is 9.97. The fraction of sp³-hybridized carbons (Fsp3) is 0.348. The predicted octanol–water partition coefficient (Wildman–Crippen LogP) is 4.72. The molecule has 0 saturated carbocycles. The van der Waals surface area contributed by atoms with Crippen LogP contribution in [0, 0.1) is 0 Å². The number of hydrogen-bond acceptors (Lipinski definition) is 4. The van der Waals surface area contributed by atoms with Crippen molar-refractivity contribution >= 4 is 34.3 Å². The number of carbonyl (C=O) groups is 1. The molecule has 0 unspecified atom stereocenters. The van der Waals surface area contributed by atoms with Gasteiger partial charge in [-0.2, -0.15) is 0 Å². The van der Waals surface area contributed by atoms with Crippen LogP contribution in [-0.2, 0) is 4.79 Å². The molecule has 0 bridgehead atoms. The van der Waals surface area contributed by atoms with E-state index >= 15 is 0 Å². The quantitative estimate of drug-likeness (QED) is 0.579. The number of H-pyrrole nitrogens is 1. The number of fused-ring (bicyclic) bond motifs is 1. The van der Waals surface area contributed by atoms with Crippen LogP contribution in [0.15, 0.2) is 53.6 Å². The number of nitrogens with zero attached hydrogens (tertiary/aromatic N) is 1. The zero-order valence-electron chi connectivity index (χ0n) is 16.9. The van der Waals surface area contributed by atoms with Gasteiger partial charge in [0.25, 0.3) is 0 Å². The molecule has 1 aromatic heterocycles. The molecular formula is C23H27N3O2S. The molecule has 1 fully saturated rings. The van der Waals surface area contributed by atoms with Crippen molar-refractivity contribution in [3.05, 3.63) is 54.2 Å². The molecule has 4 rings (SSSR count). The Kier molecular flexibility index (Phi) is 6.11. The lowest BCUT2D eigenvalue weighted by molar-refractivity contribution is -0.117. The zero-order valence-corrected chi connectivity index (χ0v) is 17.7. The number of thioether (sulfide) groups is 1. The minimum Gasteiger partial charge on any atom is -0.497 e. The summed E-state index contributed by atoms with van der Waals surface area (Å²) >= 11 is 1.68. The standard InChI is InChI=1S/C23H27N3O2S/c1-28-18-6-7-22-20(13-18)21(14-24-22)16-8-10-26(11-9-16)15-23(27)25-17-4-3-5-19(12-17)29-2/h3-7,12-14,16,24H,8-11,15H2,1-2H3,(H,25,27). The van der Waals surface area contributed by atoms with E-state index in [1.54, 1.807) is 18.9 Å². The van der Waals surface area contributed by atoms with Crippen LogP contribution < -0.4 is 10.1 Å². The van der Waals surface area contributed by atoms with Gasteiger partial charge in [-0.25, -0.2) is 0 Å². The molecule has 0 atom stereocenters. The lowest BCUT2D eigenvalue weighted by atomic mass is 9.89. The van der Waals surface area contributed by atoms with Gasteiger partial charge in [-0.1, -0.05) is 6.07 Å². The number of aromatic amines is 1. The Labute approximate surface area is 175 Å². The molecule has 29 heavy (non-hydrogen) atoms. The average Bonchev–Trinajstić information content (AvgIpc) is 3.17. The van der Waals surface area contributed by atoms with E-state index in [2.05, 4.69) is 33.5 Å². The van der Waals surface area contributed by atoms with Gasteiger partial charge in [0.2, 0.25) is 5.91 Å². The first-order valence-corrected chi connectivity index (χ1v) is 11.2. The van der Waals surface area contributed by atoms with Gasteiger partial charge in [-0.3, -0.25) is 9.69 Å². The van der Waals surface area contributed by atoms with Crippen LogP contribution in [0.5, 0.6) is 5.75 Å². The van der Waals surface area contributed by atoms with Crippen molar-refractivity contribution < 1.29 is 9.53 Å². The Bertz CT molecular complexity index is 993. The van der Waals surface area contributed by atoms with Crippen molar-refractivity contribution in [2.45, 2.75) is 23.7 Å². The Balaban J connectivity index is 1.34. The number of ether oxygens (including phenoxy) is 1. The van der Waals surface area contributed by atoms with E-state index in [1.807, 2.05) is 36.6 Å². The maximum absolute atomic E-state index is 12.5. The van der Waals surface area contributed by atoms with Crippen molar-refractivity contribution in [1.82, 2.24) is 9.88 Å². The summed E-state index contributed by atoms with van der Waals surface area (Å²) in [5, 5.41) is 4.27. The minimum absolute atomic E-state index is 0.0542. The highest BCUT2D eigenvalue weighted by atomic mass is 32.2. The molecule has 152 valence electrons. The van der Waals surface area contributed by atoms with Gasteiger partial charge in [0, 0.05) is 27.7 Å². The van der Waals surface area contributed by atoms with E-state index < -0.39 is 0 Å². The third-order valence-electron chi connectivity index (χ3n) is 5.67. The van der Waals surface area contributed by atoms with Gasteiger partial charge >= 0.3 is 0 Å². The smallest absolute Gasteiger partial charge is 0.238 e. The highest BCUT2D eigenvalue weighted by molar-refractivity contribution is 7.98. The molecule has 2 N–H and O–H groups in total. The maximum Gasteiger partial charge on any atom is 0.238 e. The second kappa shape index (κ2) is 8.93. The molecule has 5 nitrogen and oxygen atoms in total. The summed E-state index contributed by atoms with van der Waals surface area (Å²) in [6.45, 7) is 2.30. The second-order valence-electron chi connectivity index (χ2n) is 7.49. The molecule has 1 aliphatic rings. The van der Waals surface area contributed by atoms with Gasteiger partial charge in [0.1, 0.15) is 5.75 Å². The van der Waals surface area contributed by atoms with Crippen LogP contribution >= 0.6 is 11.8 Å². The van der Waals surface area contributed by atoms with Crippen LogP contribution in [0.3, 0.4) is 0 Å². The number of rotatable bonds is 6. The number of nitrogens with one attached hydrogen (secondary N) is 2. The first-order chi connectivity index (χ1) is 14.2. The summed E-state index contributed by atoms with van der Waals surface area (Å²) in [5.41, 5.74) is 3.37. The third kappa shape index (κ3) is 4.60. The van der Waals surface area contributed by atoms with Crippen LogP contribution in [0.1, 0.15) is 24.3 Å². The van der Waals surface area contributed by atoms with Crippen molar-refractivity contribution in [2.24, 2.45) is 0 Å². The number of aromatic nitrogens is 1. The van der Waals surface area contributed by atoms with E-state index in [9.17, 15) is 4.79 Å². The summed E-state index contributed by atoms with van der Waals surface area (Å²) < 4.78 is 5.39. The molecule has 0 spiro atoms. The molecule has 3 aromatic rings. The monoisotopic (exact) mass is 409 g/mol. The normalized spacial score (nSPS) is 15.5. The number of benzene rings is 2. The number of methoxy groups -OCH3 is 1. The Hall–Kier alpha value is -2.44. The molecule has 2 heterocycles. The molecule has 2 aromatic carbocycles. The summed E-state index contributed by atoms with van der Waals surface area (Å²) in [6, 6.07) is 14.1. The fourth-order valence-corrected chi connectivity index (χ4v) is 4.55. The lowest BCUT2D eigenvalue weighted by Crippen LogP contribution is -2.38. The van der Waals surface area contributed by atoms with Gasteiger partial charge in [-0.05, 0) is 80.1 Å². The van der Waals surface area contributed by atoms with Crippen molar-refractivity contribution in [3.8, 4) is 5.75 Å². The van der Waals surface area contributed by atoms with E-state index in [4.69, 9.17) is 4.74 Å². The van der Waals surface area contributed by atoms with Gasteiger partial charge in [0.05, 0.1) is 13.7 Å². The molecule has 0 radical (unpaired) electrons. The van der Waals surface area contributed by atoms with E-state index in [1.165, 1.54) is 10.9 Å². The molecule has 1 saturated heterocycles.